The van der Waals surface area contributed by atoms with Gasteiger partial charge >= 0.3 is 12.3 Å². The lowest BCUT2D eigenvalue weighted by atomic mass is 10.1. The minimum Gasteiger partial charge on any atom is -0.493 e. The van der Waals surface area contributed by atoms with Gasteiger partial charge in [0.15, 0.2) is 11.5 Å². The summed E-state index contributed by atoms with van der Waals surface area (Å²) >= 11 is 0. The fourth-order valence-corrected chi connectivity index (χ4v) is 4.71. The summed E-state index contributed by atoms with van der Waals surface area (Å²) in [6.45, 7) is 4.57. The number of rotatable bonds is 10. The van der Waals surface area contributed by atoms with E-state index >= 15 is 0 Å². The highest BCUT2D eigenvalue weighted by atomic mass is 19.1. The standard InChI is InChI=1S/C30H31FN4O6/c1-4-5-13-39-30(41-27-16-23(33-18(2)34-27)19-8-10-20(31)11-9-19)29(37)40-26-15-24-22(14-25(26)38-3)28(36)35-12-6-7-21(35)17-32-24/h8-11,14-17,21,30H,4-7,12-13H2,1-3H3. The number of methoxy groups -OCH3 is 1. The van der Waals surface area contributed by atoms with Gasteiger partial charge in [0, 0.05) is 30.5 Å². The molecular weight excluding hydrogens is 531 g/mol. The first-order chi connectivity index (χ1) is 19.9. The molecule has 0 bridgehead atoms. The summed E-state index contributed by atoms with van der Waals surface area (Å²) in [5.74, 6) is -0.617. The van der Waals surface area contributed by atoms with Crippen LogP contribution in [0.25, 0.3) is 11.3 Å². The molecule has 1 fully saturated rings. The minimum absolute atomic E-state index is 0.0623. The molecule has 2 unspecified atom stereocenters. The van der Waals surface area contributed by atoms with E-state index in [1.54, 1.807) is 36.2 Å². The number of amides is 1. The van der Waals surface area contributed by atoms with Crippen molar-refractivity contribution in [1.29, 1.82) is 0 Å². The molecule has 2 aliphatic rings. The average Bonchev–Trinajstić information content (AvgIpc) is 3.39. The summed E-state index contributed by atoms with van der Waals surface area (Å²) in [6, 6.07) is 10.4. The van der Waals surface area contributed by atoms with E-state index in [0.29, 0.717) is 41.3 Å². The Balaban J connectivity index is 1.40. The van der Waals surface area contributed by atoms with E-state index in [2.05, 4.69) is 15.0 Å². The lowest BCUT2D eigenvalue weighted by Crippen LogP contribution is -2.35. The third-order valence-corrected chi connectivity index (χ3v) is 6.81. The van der Waals surface area contributed by atoms with Gasteiger partial charge in [-0.3, -0.25) is 9.79 Å². The molecule has 2 aromatic carbocycles. The van der Waals surface area contributed by atoms with E-state index in [0.717, 1.165) is 19.3 Å². The molecule has 0 N–H and O–H groups in total. The fourth-order valence-electron chi connectivity index (χ4n) is 4.71. The van der Waals surface area contributed by atoms with Crippen LogP contribution in [0.1, 0.15) is 48.8 Å². The van der Waals surface area contributed by atoms with Crippen LogP contribution in [0.2, 0.25) is 0 Å². The number of nitrogens with zero attached hydrogens (tertiary/aromatic N) is 4. The maximum absolute atomic E-state index is 13.4. The van der Waals surface area contributed by atoms with Gasteiger partial charge in [0.05, 0.1) is 36.7 Å². The third-order valence-electron chi connectivity index (χ3n) is 6.81. The van der Waals surface area contributed by atoms with Crippen LogP contribution in [0.4, 0.5) is 10.1 Å². The van der Waals surface area contributed by atoms with E-state index in [-0.39, 0.29) is 41.8 Å². The number of esters is 1. The van der Waals surface area contributed by atoms with Crippen molar-refractivity contribution in [2.45, 2.75) is 51.9 Å². The van der Waals surface area contributed by atoms with Gasteiger partial charge in [-0.1, -0.05) is 13.3 Å². The first-order valence-corrected chi connectivity index (χ1v) is 13.5. The molecule has 0 saturated carbocycles. The van der Waals surface area contributed by atoms with Crippen LogP contribution in [-0.4, -0.2) is 65.6 Å². The van der Waals surface area contributed by atoms with Gasteiger partial charge < -0.3 is 23.8 Å². The van der Waals surface area contributed by atoms with Gasteiger partial charge in [-0.05, 0) is 56.5 Å². The van der Waals surface area contributed by atoms with Gasteiger partial charge in [0.1, 0.15) is 11.6 Å². The Morgan fingerprint density at radius 1 is 1.15 bits per heavy atom. The van der Waals surface area contributed by atoms with E-state index in [1.807, 2.05) is 6.92 Å². The first-order valence-electron chi connectivity index (χ1n) is 13.5. The molecule has 1 saturated heterocycles. The number of unbranched alkanes of at least 4 members (excludes halogenated alkanes) is 1. The summed E-state index contributed by atoms with van der Waals surface area (Å²) < 4.78 is 36.2. The van der Waals surface area contributed by atoms with Crippen LogP contribution in [0.5, 0.6) is 17.4 Å². The largest absolute Gasteiger partial charge is 0.493 e. The second kappa shape index (κ2) is 12.4. The second-order valence-corrected chi connectivity index (χ2v) is 9.75. The van der Waals surface area contributed by atoms with E-state index in [1.165, 1.54) is 31.4 Å². The molecule has 10 nitrogen and oxygen atoms in total. The van der Waals surface area contributed by atoms with Crippen LogP contribution >= 0.6 is 0 Å². The molecule has 214 valence electrons. The highest BCUT2D eigenvalue weighted by Gasteiger charge is 2.33. The van der Waals surface area contributed by atoms with Crippen LogP contribution in [0.15, 0.2) is 47.5 Å². The Kier molecular flexibility index (Phi) is 8.53. The predicted octanol–water partition coefficient (Wildman–Crippen LogP) is 5.05. The molecule has 1 aromatic heterocycles. The highest BCUT2D eigenvalue weighted by molar-refractivity contribution is 6.03. The SMILES string of the molecule is CCCCOC(Oc1cc(-c2ccc(F)cc2)nc(C)n1)C(=O)Oc1cc2c(cc1OC)C(=O)N1CCCC1C=N2. The molecule has 5 rings (SSSR count). The number of aromatic nitrogens is 2. The Morgan fingerprint density at radius 3 is 2.71 bits per heavy atom. The van der Waals surface area contributed by atoms with Gasteiger partial charge in [-0.2, -0.15) is 4.98 Å². The van der Waals surface area contributed by atoms with Crippen LogP contribution in [0.3, 0.4) is 0 Å². The summed E-state index contributed by atoms with van der Waals surface area (Å²) in [4.78, 5) is 41.5. The molecule has 41 heavy (non-hydrogen) atoms. The van der Waals surface area contributed by atoms with E-state index in [4.69, 9.17) is 18.9 Å². The molecule has 2 aliphatic heterocycles. The lowest BCUT2D eigenvalue weighted by molar-refractivity contribution is -0.168. The maximum atomic E-state index is 13.4. The van der Waals surface area contributed by atoms with Crippen molar-refractivity contribution in [2.24, 2.45) is 4.99 Å². The number of aryl methyl sites for hydroxylation is 1. The molecule has 11 heteroatoms. The molecule has 3 aromatic rings. The summed E-state index contributed by atoms with van der Waals surface area (Å²) in [5, 5.41) is 0. The number of aliphatic imine (C=N–C) groups is 1. The van der Waals surface area contributed by atoms with Gasteiger partial charge in [-0.15, -0.1) is 0 Å². The number of benzene rings is 2. The molecule has 0 spiro atoms. The van der Waals surface area contributed by atoms with Crippen LogP contribution < -0.4 is 14.2 Å². The molecule has 3 heterocycles. The normalized spacial score (nSPS) is 16.5. The number of hydrogen-bond donors (Lipinski definition) is 0. The highest BCUT2D eigenvalue weighted by Crippen LogP contribution is 2.38. The average molecular weight is 563 g/mol. The number of carbonyl (C=O) groups excluding carboxylic acids is 2. The van der Waals surface area contributed by atoms with E-state index < -0.39 is 12.3 Å². The van der Waals surface area contributed by atoms with Crippen molar-refractivity contribution < 1.29 is 32.9 Å². The number of halogens is 1. The molecule has 1 amide bonds. The summed E-state index contributed by atoms with van der Waals surface area (Å²) in [7, 11) is 1.43. The molecule has 2 atom stereocenters. The van der Waals surface area contributed by atoms with Gasteiger partial charge in [0.2, 0.25) is 5.88 Å². The van der Waals surface area contributed by atoms with Gasteiger partial charge in [0.25, 0.3) is 5.91 Å². The second-order valence-electron chi connectivity index (χ2n) is 9.75. The first kappa shape index (κ1) is 28.2. The number of hydrogen-bond acceptors (Lipinski definition) is 9. The van der Waals surface area contributed by atoms with Crippen molar-refractivity contribution >= 4 is 23.8 Å². The lowest BCUT2D eigenvalue weighted by Gasteiger charge is -2.21. The Hall–Kier alpha value is -4.38. The van der Waals surface area contributed by atoms with Crippen molar-refractivity contribution in [3.05, 3.63) is 59.7 Å². The predicted molar refractivity (Wildman–Crippen MR) is 148 cm³/mol. The Labute approximate surface area is 237 Å². The topological polar surface area (TPSA) is 112 Å². The molecule has 0 aliphatic carbocycles. The number of carbonyl (C=O) groups is 2. The fraction of sp³-hybridized carbons (Fsp3) is 0.367. The zero-order chi connectivity index (χ0) is 28.9. The third kappa shape index (κ3) is 6.35. The smallest absolute Gasteiger partial charge is 0.381 e. The summed E-state index contributed by atoms with van der Waals surface area (Å²) in [6.07, 6.45) is 3.59. The van der Waals surface area contributed by atoms with Crippen molar-refractivity contribution in [3.8, 4) is 28.6 Å². The minimum atomic E-state index is -1.46. The zero-order valence-corrected chi connectivity index (χ0v) is 23.1. The number of ether oxygens (including phenoxy) is 4. The summed E-state index contributed by atoms with van der Waals surface area (Å²) in [5.41, 5.74) is 1.90. The van der Waals surface area contributed by atoms with E-state index in [9.17, 15) is 14.0 Å². The molecular formula is C30H31FN4O6. The quantitative estimate of drug-likeness (QED) is 0.146. The zero-order valence-electron chi connectivity index (χ0n) is 23.1. The Morgan fingerprint density at radius 2 is 1.95 bits per heavy atom. The maximum Gasteiger partial charge on any atom is 0.381 e. The van der Waals surface area contributed by atoms with Gasteiger partial charge in [-0.25, -0.2) is 14.2 Å². The molecule has 0 radical (unpaired) electrons. The van der Waals surface area contributed by atoms with Crippen molar-refractivity contribution in [1.82, 2.24) is 14.9 Å². The van der Waals surface area contributed by atoms with Crippen molar-refractivity contribution in [3.63, 3.8) is 0 Å². The number of fused-ring (bicyclic) bond motifs is 2. The Bertz CT molecular complexity index is 1460. The monoisotopic (exact) mass is 562 g/mol. The van der Waals surface area contributed by atoms with Crippen molar-refractivity contribution in [2.75, 3.05) is 20.3 Å². The van der Waals surface area contributed by atoms with Crippen LogP contribution in [-0.2, 0) is 9.53 Å². The van der Waals surface area contributed by atoms with Crippen LogP contribution in [0, 0.1) is 12.7 Å².